The van der Waals surface area contributed by atoms with Gasteiger partial charge in [0.2, 0.25) is 12.6 Å². The Balaban J connectivity index is 1.83. The van der Waals surface area contributed by atoms with Crippen molar-refractivity contribution in [1.29, 1.82) is 5.41 Å². The minimum Gasteiger partial charge on any atom is -0.508 e. The molecule has 10 nitrogen and oxygen atoms in total. The standard InChI is InChI=1S/C25H31N5O5/c1-4-5-15(26)8-9-29-25(18-11-17(14(2)3)19(31)12-20(18)32)30(24(28-29)23(27)33)16-6-7-21-22(10-16)35-13-34-21/h6-7,10-12,14,25-26,31-32H,4-5,8-9,13H2,1-3H3,(H2,27,33). The Labute approximate surface area is 204 Å². The van der Waals surface area contributed by atoms with Crippen LogP contribution in [0.2, 0.25) is 0 Å². The summed E-state index contributed by atoms with van der Waals surface area (Å²) in [5.41, 5.74) is 7.99. The van der Waals surface area contributed by atoms with Gasteiger partial charge in [-0.05, 0) is 36.1 Å². The second kappa shape index (κ2) is 9.73. The minimum absolute atomic E-state index is 0.00513. The maximum absolute atomic E-state index is 12.5. The van der Waals surface area contributed by atoms with Crippen molar-refractivity contribution < 1.29 is 24.5 Å². The summed E-state index contributed by atoms with van der Waals surface area (Å²) in [7, 11) is 0. The van der Waals surface area contributed by atoms with E-state index in [1.165, 1.54) is 6.07 Å². The number of hydrazone groups is 1. The molecule has 1 atom stereocenters. The van der Waals surface area contributed by atoms with Crippen molar-refractivity contribution in [3.05, 3.63) is 41.5 Å². The molecule has 0 radical (unpaired) electrons. The van der Waals surface area contributed by atoms with E-state index in [1.807, 2.05) is 20.8 Å². The molecule has 0 spiro atoms. The van der Waals surface area contributed by atoms with E-state index in [0.717, 1.165) is 6.42 Å². The Morgan fingerprint density at radius 3 is 2.60 bits per heavy atom. The van der Waals surface area contributed by atoms with Crippen LogP contribution in [0.1, 0.15) is 63.2 Å². The quantitative estimate of drug-likeness (QED) is 0.399. The van der Waals surface area contributed by atoms with Gasteiger partial charge in [0.05, 0.1) is 0 Å². The highest BCUT2D eigenvalue weighted by Gasteiger charge is 2.41. The first kappa shape index (κ1) is 24.2. The summed E-state index contributed by atoms with van der Waals surface area (Å²) >= 11 is 0. The fraction of sp³-hybridized carbons (Fsp3) is 0.400. The van der Waals surface area contributed by atoms with E-state index in [9.17, 15) is 15.0 Å². The summed E-state index contributed by atoms with van der Waals surface area (Å²) < 4.78 is 10.9. The number of nitrogens with zero attached hydrogens (tertiary/aromatic N) is 3. The van der Waals surface area contributed by atoms with Gasteiger partial charge in [0.25, 0.3) is 5.91 Å². The van der Waals surface area contributed by atoms with Gasteiger partial charge >= 0.3 is 0 Å². The molecule has 0 bridgehead atoms. The summed E-state index contributed by atoms with van der Waals surface area (Å²) in [6, 6.07) is 8.27. The molecule has 0 aliphatic carbocycles. The Kier molecular flexibility index (Phi) is 6.72. The van der Waals surface area contributed by atoms with E-state index in [2.05, 4.69) is 5.10 Å². The number of amides is 1. The Bertz CT molecular complexity index is 1180. The van der Waals surface area contributed by atoms with Crippen molar-refractivity contribution in [3.63, 3.8) is 0 Å². The van der Waals surface area contributed by atoms with Crippen molar-refractivity contribution in [1.82, 2.24) is 5.01 Å². The number of phenolic OH excluding ortho intramolecular Hbond substituents is 2. The predicted molar refractivity (Wildman–Crippen MR) is 132 cm³/mol. The van der Waals surface area contributed by atoms with Crippen LogP contribution in [-0.2, 0) is 4.79 Å². The van der Waals surface area contributed by atoms with Crippen LogP contribution in [0.4, 0.5) is 5.69 Å². The molecule has 10 heteroatoms. The van der Waals surface area contributed by atoms with Crippen LogP contribution in [0.25, 0.3) is 0 Å². The van der Waals surface area contributed by atoms with E-state index in [-0.39, 0.29) is 30.0 Å². The molecule has 1 unspecified atom stereocenters. The number of nitrogens with one attached hydrogen (secondary N) is 1. The van der Waals surface area contributed by atoms with Crippen LogP contribution in [-0.4, -0.2) is 46.0 Å². The highest BCUT2D eigenvalue weighted by molar-refractivity contribution is 6.43. The molecule has 0 saturated heterocycles. The SMILES string of the molecule is CCCC(=N)CCN1N=C(C(N)=O)N(c2ccc3c(c2)OCO3)C1c1cc(C(C)C)c(O)cc1O. The molecule has 0 fully saturated rings. The number of fused-ring (bicyclic) bond motifs is 1. The lowest BCUT2D eigenvalue weighted by atomic mass is 9.97. The third-order valence-electron chi connectivity index (χ3n) is 6.10. The number of hydrogen-bond acceptors (Lipinski definition) is 9. The van der Waals surface area contributed by atoms with Gasteiger partial charge in [0.15, 0.2) is 17.7 Å². The van der Waals surface area contributed by atoms with Crippen LogP contribution in [0.15, 0.2) is 35.4 Å². The molecule has 5 N–H and O–H groups in total. The van der Waals surface area contributed by atoms with Crippen LogP contribution in [0, 0.1) is 5.41 Å². The third kappa shape index (κ3) is 4.68. The number of ether oxygens (including phenoxy) is 2. The smallest absolute Gasteiger partial charge is 0.286 e. The number of amidine groups is 1. The largest absolute Gasteiger partial charge is 0.508 e. The molecule has 2 aromatic rings. The average molecular weight is 482 g/mol. The van der Waals surface area contributed by atoms with Crippen molar-refractivity contribution in [2.75, 3.05) is 18.2 Å². The van der Waals surface area contributed by atoms with Crippen molar-refractivity contribution in [3.8, 4) is 23.0 Å². The molecule has 2 aliphatic rings. The van der Waals surface area contributed by atoms with Gasteiger partial charge in [-0.1, -0.05) is 27.2 Å². The lowest BCUT2D eigenvalue weighted by molar-refractivity contribution is -0.112. The number of primary amides is 1. The van der Waals surface area contributed by atoms with Gasteiger partial charge in [-0.25, -0.2) is 0 Å². The molecular formula is C25H31N5O5. The number of carbonyl (C=O) groups is 1. The van der Waals surface area contributed by atoms with Crippen molar-refractivity contribution in [2.45, 2.75) is 52.1 Å². The topological polar surface area (TPSA) is 145 Å². The fourth-order valence-electron chi connectivity index (χ4n) is 4.37. The third-order valence-corrected chi connectivity index (χ3v) is 6.10. The van der Waals surface area contributed by atoms with Crippen LogP contribution < -0.4 is 20.1 Å². The van der Waals surface area contributed by atoms with E-state index >= 15 is 0 Å². The highest BCUT2D eigenvalue weighted by Crippen LogP contribution is 2.45. The van der Waals surface area contributed by atoms with Gasteiger partial charge < -0.3 is 30.8 Å². The summed E-state index contributed by atoms with van der Waals surface area (Å²) in [4.78, 5) is 14.2. The maximum Gasteiger partial charge on any atom is 0.286 e. The molecule has 2 aliphatic heterocycles. The van der Waals surface area contributed by atoms with Gasteiger partial charge in [0.1, 0.15) is 11.5 Å². The van der Waals surface area contributed by atoms with Crippen LogP contribution >= 0.6 is 0 Å². The van der Waals surface area contributed by atoms with E-state index in [1.54, 1.807) is 34.2 Å². The van der Waals surface area contributed by atoms with Gasteiger partial charge in [0, 0.05) is 42.1 Å². The number of hydrogen-bond donors (Lipinski definition) is 4. The maximum atomic E-state index is 12.5. The predicted octanol–water partition coefficient (Wildman–Crippen LogP) is 3.78. The number of aromatic hydroxyl groups is 2. The summed E-state index contributed by atoms with van der Waals surface area (Å²) in [5, 5.41) is 35.7. The Morgan fingerprint density at radius 1 is 1.17 bits per heavy atom. The molecule has 0 aromatic heterocycles. The van der Waals surface area contributed by atoms with Crippen LogP contribution in [0.3, 0.4) is 0 Å². The van der Waals surface area contributed by atoms with Gasteiger partial charge in [-0.2, -0.15) is 5.10 Å². The van der Waals surface area contributed by atoms with Gasteiger partial charge in [-0.15, -0.1) is 0 Å². The number of nitrogens with two attached hydrogens (primary N) is 1. The summed E-state index contributed by atoms with van der Waals surface area (Å²) in [6.45, 7) is 6.32. The molecule has 2 heterocycles. The molecule has 4 rings (SSSR count). The number of carbonyl (C=O) groups excluding carboxylic acids is 1. The number of phenols is 2. The molecule has 1 amide bonds. The first-order valence-corrected chi connectivity index (χ1v) is 11.7. The van der Waals surface area contributed by atoms with Crippen molar-refractivity contribution >= 4 is 23.1 Å². The fourth-order valence-corrected chi connectivity index (χ4v) is 4.37. The monoisotopic (exact) mass is 481 g/mol. The van der Waals surface area contributed by atoms with E-state index in [0.29, 0.717) is 53.4 Å². The normalized spacial score (nSPS) is 16.7. The lowest BCUT2D eigenvalue weighted by Crippen LogP contribution is -2.41. The molecular weight excluding hydrogens is 450 g/mol. The zero-order valence-electron chi connectivity index (χ0n) is 20.1. The Hall–Kier alpha value is -3.95. The Morgan fingerprint density at radius 2 is 1.91 bits per heavy atom. The first-order chi connectivity index (χ1) is 16.7. The lowest BCUT2D eigenvalue weighted by Gasteiger charge is -2.33. The average Bonchev–Trinajstić information content (AvgIpc) is 3.42. The van der Waals surface area contributed by atoms with Crippen LogP contribution in [0.5, 0.6) is 23.0 Å². The summed E-state index contributed by atoms with van der Waals surface area (Å²) in [5.74, 6) is 0.194. The number of anilines is 1. The second-order valence-corrected chi connectivity index (χ2v) is 8.96. The molecule has 0 saturated carbocycles. The second-order valence-electron chi connectivity index (χ2n) is 8.96. The van der Waals surface area contributed by atoms with E-state index < -0.39 is 12.1 Å². The van der Waals surface area contributed by atoms with Crippen molar-refractivity contribution in [2.24, 2.45) is 10.8 Å². The first-order valence-electron chi connectivity index (χ1n) is 11.7. The summed E-state index contributed by atoms with van der Waals surface area (Å²) in [6.07, 6.45) is 1.21. The van der Waals surface area contributed by atoms with E-state index in [4.69, 9.17) is 20.6 Å². The number of rotatable bonds is 9. The highest BCUT2D eigenvalue weighted by atomic mass is 16.7. The molecule has 186 valence electrons. The molecule has 35 heavy (non-hydrogen) atoms. The number of benzene rings is 2. The zero-order chi connectivity index (χ0) is 25.3. The zero-order valence-corrected chi connectivity index (χ0v) is 20.1. The minimum atomic E-state index is -0.745. The molecule has 2 aromatic carbocycles. The van der Waals surface area contributed by atoms with Gasteiger partial charge in [-0.3, -0.25) is 14.7 Å².